The Bertz CT molecular complexity index is 1180. The van der Waals surface area contributed by atoms with Crippen molar-refractivity contribution in [2.75, 3.05) is 44.2 Å². The highest BCUT2D eigenvalue weighted by molar-refractivity contribution is 5.79. The number of fused-ring (bicyclic) bond motifs is 1. The summed E-state index contributed by atoms with van der Waals surface area (Å²) in [5.74, 6) is 1.65. The van der Waals surface area contributed by atoms with Crippen LogP contribution in [-0.2, 0) is 11.3 Å². The van der Waals surface area contributed by atoms with Crippen molar-refractivity contribution in [3.05, 3.63) is 59.4 Å². The van der Waals surface area contributed by atoms with Gasteiger partial charge in [-0.15, -0.1) is 0 Å². The zero-order chi connectivity index (χ0) is 24.5. The molecule has 0 radical (unpaired) electrons. The van der Waals surface area contributed by atoms with Gasteiger partial charge in [0, 0.05) is 43.8 Å². The number of aromatic nitrogens is 2. The molecule has 2 saturated heterocycles. The molecule has 3 heterocycles. The summed E-state index contributed by atoms with van der Waals surface area (Å²) in [6.07, 6.45) is 1.88. The van der Waals surface area contributed by atoms with E-state index in [1.54, 1.807) is 0 Å². The second-order valence-electron chi connectivity index (χ2n) is 10.6. The number of carbonyl (C=O) groups excluding carboxylic acids is 1. The number of rotatable bonds is 5. The van der Waals surface area contributed by atoms with Gasteiger partial charge < -0.3 is 14.4 Å². The van der Waals surface area contributed by atoms with Gasteiger partial charge in [-0.25, -0.2) is 4.98 Å². The van der Waals surface area contributed by atoms with Crippen LogP contribution in [0.5, 0.6) is 0 Å². The number of likely N-dealkylation sites (tertiary alicyclic amines) is 1. The molecule has 0 atom stereocenters. The van der Waals surface area contributed by atoms with Gasteiger partial charge in [0.05, 0.1) is 17.6 Å². The van der Waals surface area contributed by atoms with Gasteiger partial charge in [-0.05, 0) is 77.4 Å². The smallest absolute Gasteiger partial charge is 0.225 e. The van der Waals surface area contributed by atoms with Gasteiger partial charge in [-0.3, -0.25) is 9.69 Å². The normalized spacial score (nSPS) is 18.1. The first-order chi connectivity index (χ1) is 16.9. The van der Waals surface area contributed by atoms with Crippen molar-refractivity contribution in [1.82, 2.24) is 19.4 Å². The van der Waals surface area contributed by atoms with Crippen molar-refractivity contribution >= 4 is 22.6 Å². The number of hydrogen-bond donors (Lipinski definition) is 0. The predicted molar refractivity (Wildman–Crippen MR) is 143 cm³/mol. The van der Waals surface area contributed by atoms with Crippen LogP contribution in [0, 0.1) is 19.8 Å². The van der Waals surface area contributed by atoms with Gasteiger partial charge in [-0.1, -0.05) is 29.8 Å². The van der Waals surface area contributed by atoms with E-state index in [9.17, 15) is 4.79 Å². The molecule has 0 aliphatic carbocycles. The SMILES string of the molecule is Cc1ccc(N2CCN(C(=O)C3CCN(Cc4nc5ccccc5n4C(C)C)CC3)CC2)c(C)c1. The molecule has 186 valence electrons. The summed E-state index contributed by atoms with van der Waals surface area (Å²) >= 11 is 0. The van der Waals surface area contributed by atoms with Crippen molar-refractivity contribution in [2.45, 2.75) is 53.1 Å². The van der Waals surface area contributed by atoms with E-state index in [0.29, 0.717) is 11.9 Å². The van der Waals surface area contributed by atoms with Crippen molar-refractivity contribution in [3.8, 4) is 0 Å². The Kier molecular flexibility index (Phi) is 6.83. The number of piperidine rings is 1. The Morgan fingerprint density at radius 1 is 0.971 bits per heavy atom. The first kappa shape index (κ1) is 23.9. The molecule has 2 fully saturated rings. The van der Waals surface area contributed by atoms with Gasteiger partial charge in [0.25, 0.3) is 0 Å². The number of para-hydroxylation sites is 2. The van der Waals surface area contributed by atoms with Gasteiger partial charge >= 0.3 is 0 Å². The molecule has 6 nitrogen and oxygen atoms in total. The molecular formula is C29H39N5O. The number of carbonyl (C=O) groups is 1. The van der Waals surface area contributed by atoms with E-state index in [4.69, 9.17) is 4.98 Å². The number of piperazine rings is 1. The third-order valence-electron chi connectivity index (χ3n) is 7.77. The predicted octanol–water partition coefficient (Wildman–Crippen LogP) is 4.79. The van der Waals surface area contributed by atoms with Crippen LogP contribution in [0.2, 0.25) is 0 Å². The van der Waals surface area contributed by atoms with Crippen LogP contribution in [0.15, 0.2) is 42.5 Å². The number of hydrogen-bond acceptors (Lipinski definition) is 4. The van der Waals surface area contributed by atoms with E-state index in [1.165, 1.54) is 22.3 Å². The molecular weight excluding hydrogens is 434 g/mol. The molecule has 5 rings (SSSR count). The molecule has 2 aromatic carbocycles. The van der Waals surface area contributed by atoms with Crippen molar-refractivity contribution in [1.29, 1.82) is 0 Å². The zero-order valence-electron chi connectivity index (χ0n) is 21.7. The number of benzene rings is 2. The van der Waals surface area contributed by atoms with Crippen molar-refractivity contribution in [3.63, 3.8) is 0 Å². The van der Waals surface area contributed by atoms with Crippen LogP contribution in [0.25, 0.3) is 11.0 Å². The van der Waals surface area contributed by atoms with Gasteiger partial charge in [-0.2, -0.15) is 0 Å². The highest BCUT2D eigenvalue weighted by Crippen LogP contribution is 2.27. The fourth-order valence-electron chi connectivity index (χ4n) is 5.91. The minimum absolute atomic E-state index is 0.155. The van der Waals surface area contributed by atoms with Gasteiger partial charge in [0.2, 0.25) is 5.91 Å². The molecule has 2 aliphatic heterocycles. The van der Waals surface area contributed by atoms with Crippen molar-refractivity contribution in [2.24, 2.45) is 5.92 Å². The number of anilines is 1. The summed E-state index contributed by atoms with van der Waals surface area (Å²) in [4.78, 5) is 25.3. The standard InChI is InChI=1S/C29H39N5O/c1-21(2)34-27-8-6-5-7-25(27)30-28(34)20-31-13-11-24(12-14-31)29(35)33-17-15-32(16-18-33)26-10-9-22(3)19-23(26)4/h5-10,19,21,24H,11-18,20H2,1-4H3. The maximum atomic E-state index is 13.3. The summed E-state index contributed by atoms with van der Waals surface area (Å²) in [5.41, 5.74) is 6.21. The second kappa shape index (κ2) is 10.0. The van der Waals surface area contributed by atoms with Crippen molar-refractivity contribution < 1.29 is 4.79 Å². The summed E-state index contributed by atoms with van der Waals surface area (Å²) in [6, 6.07) is 15.4. The topological polar surface area (TPSA) is 44.6 Å². The van der Waals surface area contributed by atoms with Crippen LogP contribution < -0.4 is 4.90 Å². The summed E-state index contributed by atoms with van der Waals surface area (Å²) in [5, 5.41) is 0. The van der Waals surface area contributed by atoms with E-state index in [2.05, 4.69) is 89.4 Å². The molecule has 1 aromatic heterocycles. The lowest BCUT2D eigenvalue weighted by Gasteiger charge is -2.39. The summed E-state index contributed by atoms with van der Waals surface area (Å²) in [7, 11) is 0. The Morgan fingerprint density at radius 3 is 2.37 bits per heavy atom. The Balaban J connectivity index is 1.15. The number of aryl methyl sites for hydroxylation is 2. The molecule has 0 unspecified atom stereocenters. The molecule has 3 aromatic rings. The third kappa shape index (κ3) is 4.94. The second-order valence-corrected chi connectivity index (χ2v) is 10.6. The summed E-state index contributed by atoms with van der Waals surface area (Å²) in [6.45, 7) is 15.0. The van der Waals surface area contributed by atoms with E-state index in [0.717, 1.165) is 70.0 Å². The van der Waals surface area contributed by atoms with E-state index in [-0.39, 0.29) is 5.92 Å². The van der Waals surface area contributed by atoms with Crippen LogP contribution in [0.3, 0.4) is 0 Å². The average molecular weight is 474 g/mol. The monoisotopic (exact) mass is 473 g/mol. The first-order valence-electron chi connectivity index (χ1n) is 13.2. The fourth-order valence-corrected chi connectivity index (χ4v) is 5.91. The first-order valence-corrected chi connectivity index (χ1v) is 13.2. The van der Waals surface area contributed by atoms with Crippen LogP contribution in [-0.4, -0.2) is 64.5 Å². The van der Waals surface area contributed by atoms with Crippen LogP contribution in [0.4, 0.5) is 5.69 Å². The Morgan fingerprint density at radius 2 is 1.69 bits per heavy atom. The zero-order valence-corrected chi connectivity index (χ0v) is 21.7. The third-order valence-corrected chi connectivity index (χ3v) is 7.77. The fraction of sp³-hybridized carbons (Fsp3) is 0.517. The maximum absolute atomic E-state index is 13.3. The highest BCUT2D eigenvalue weighted by atomic mass is 16.2. The maximum Gasteiger partial charge on any atom is 0.225 e. The highest BCUT2D eigenvalue weighted by Gasteiger charge is 2.31. The van der Waals surface area contributed by atoms with Gasteiger partial charge in [0.15, 0.2) is 0 Å². The number of nitrogens with zero attached hydrogens (tertiary/aromatic N) is 5. The largest absolute Gasteiger partial charge is 0.368 e. The lowest BCUT2D eigenvalue weighted by Crippen LogP contribution is -2.51. The van der Waals surface area contributed by atoms with E-state index in [1.807, 2.05) is 0 Å². The van der Waals surface area contributed by atoms with E-state index >= 15 is 0 Å². The lowest BCUT2D eigenvalue weighted by atomic mass is 9.95. The molecule has 35 heavy (non-hydrogen) atoms. The molecule has 1 amide bonds. The molecule has 0 spiro atoms. The van der Waals surface area contributed by atoms with Crippen LogP contribution in [0.1, 0.15) is 49.7 Å². The van der Waals surface area contributed by atoms with Gasteiger partial charge in [0.1, 0.15) is 5.82 Å². The minimum Gasteiger partial charge on any atom is -0.368 e. The lowest BCUT2D eigenvalue weighted by molar-refractivity contribution is -0.137. The molecule has 0 saturated carbocycles. The van der Waals surface area contributed by atoms with E-state index < -0.39 is 0 Å². The average Bonchev–Trinajstić information content (AvgIpc) is 3.22. The number of imidazole rings is 1. The molecule has 2 aliphatic rings. The Labute approximate surface area is 209 Å². The minimum atomic E-state index is 0.155. The van der Waals surface area contributed by atoms with Crippen LogP contribution >= 0.6 is 0 Å². The Hall–Kier alpha value is -2.86. The molecule has 6 heteroatoms. The summed E-state index contributed by atoms with van der Waals surface area (Å²) < 4.78 is 2.36. The molecule has 0 bridgehead atoms. The number of amides is 1. The molecule has 0 N–H and O–H groups in total. The quantitative estimate of drug-likeness (QED) is 0.534.